The van der Waals surface area contributed by atoms with Crippen molar-refractivity contribution in [3.8, 4) is 0 Å². The van der Waals surface area contributed by atoms with Crippen LogP contribution in [0.5, 0.6) is 0 Å². The van der Waals surface area contributed by atoms with E-state index >= 15 is 0 Å². The van der Waals surface area contributed by atoms with Gasteiger partial charge in [0.15, 0.2) is 8.32 Å². The number of hydrogen-bond donors (Lipinski definition) is 0. The average molecular weight is 335 g/mol. The van der Waals surface area contributed by atoms with Crippen LogP contribution >= 0.6 is 0 Å². The molecule has 128 valence electrons. The zero-order valence-corrected chi connectivity index (χ0v) is 16.3. The quantitative estimate of drug-likeness (QED) is 0.395. The molecular formula is C19H30O3Si. The topological polar surface area (TPSA) is 35.5 Å². The van der Waals surface area contributed by atoms with Crippen LogP contribution in [0.3, 0.4) is 0 Å². The molecule has 0 bridgehead atoms. The molecule has 1 aromatic carbocycles. The Morgan fingerprint density at radius 2 is 1.83 bits per heavy atom. The minimum Gasteiger partial charge on any atom is -0.469 e. The fourth-order valence-electron chi connectivity index (χ4n) is 2.19. The molecule has 0 aliphatic heterocycles. The number of rotatable bonds is 7. The maximum atomic E-state index is 12.3. The Balaban J connectivity index is 3.26. The highest BCUT2D eigenvalue weighted by Crippen LogP contribution is 2.42. The van der Waals surface area contributed by atoms with Gasteiger partial charge in [-0.05, 0) is 30.1 Å². The minimum atomic E-state index is -2.04. The number of benzene rings is 1. The molecule has 0 saturated carbocycles. The SMILES string of the molecule is C=CC[C@H](C(=O)OC)[C@H](O[Si](C)(C)C(C)(C)C)c1ccccc1. The third-order valence-electron chi connectivity index (χ3n) is 4.65. The van der Waals surface area contributed by atoms with Crippen molar-refractivity contribution in [2.75, 3.05) is 7.11 Å². The van der Waals surface area contributed by atoms with E-state index in [4.69, 9.17) is 9.16 Å². The Morgan fingerprint density at radius 1 is 1.26 bits per heavy atom. The monoisotopic (exact) mass is 334 g/mol. The predicted molar refractivity (Wildman–Crippen MR) is 97.8 cm³/mol. The van der Waals surface area contributed by atoms with Gasteiger partial charge in [-0.15, -0.1) is 6.58 Å². The second-order valence-corrected chi connectivity index (χ2v) is 12.1. The van der Waals surface area contributed by atoms with Crippen molar-refractivity contribution in [3.63, 3.8) is 0 Å². The van der Waals surface area contributed by atoms with Crippen molar-refractivity contribution < 1.29 is 14.0 Å². The molecule has 0 radical (unpaired) electrons. The molecule has 0 aliphatic rings. The molecule has 0 unspecified atom stereocenters. The van der Waals surface area contributed by atoms with Gasteiger partial charge in [-0.2, -0.15) is 0 Å². The van der Waals surface area contributed by atoms with E-state index in [2.05, 4.69) is 40.4 Å². The number of carbonyl (C=O) groups is 1. The van der Waals surface area contributed by atoms with Crippen molar-refractivity contribution in [1.82, 2.24) is 0 Å². The number of carbonyl (C=O) groups excluding carboxylic acids is 1. The van der Waals surface area contributed by atoms with Gasteiger partial charge >= 0.3 is 5.97 Å². The standard InChI is InChI=1S/C19H30O3Si/c1-8-12-16(18(20)21-5)17(15-13-10-9-11-14-15)22-23(6,7)19(2,3)4/h8-11,13-14,16-17H,1,12H2,2-7H3/t16-,17+/m0/s1. The van der Waals surface area contributed by atoms with E-state index < -0.39 is 8.32 Å². The third kappa shape index (κ3) is 5.04. The Bertz CT molecular complexity index is 517. The molecule has 23 heavy (non-hydrogen) atoms. The number of esters is 1. The molecule has 1 aromatic rings. The van der Waals surface area contributed by atoms with Crippen LogP contribution in [0.1, 0.15) is 38.9 Å². The summed E-state index contributed by atoms with van der Waals surface area (Å²) < 4.78 is 11.6. The van der Waals surface area contributed by atoms with Crippen LogP contribution < -0.4 is 0 Å². The van der Waals surface area contributed by atoms with E-state index in [1.165, 1.54) is 7.11 Å². The van der Waals surface area contributed by atoms with Crippen LogP contribution in [0.15, 0.2) is 43.0 Å². The Morgan fingerprint density at radius 3 is 2.26 bits per heavy atom. The molecule has 0 aromatic heterocycles. The summed E-state index contributed by atoms with van der Waals surface area (Å²) in [6.45, 7) is 14.8. The first kappa shape index (κ1) is 19.7. The zero-order chi connectivity index (χ0) is 17.7. The number of methoxy groups -OCH3 is 1. The fourth-order valence-corrected chi connectivity index (χ4v) is 3.48. The fraction of sp³-hybridized carbons (Fsp3) is 0.526. The number of allylic oxidation sites excluding steroid dienone is 1. The van der Waals surface area contributed by atoms with Crippen molar-refractivity contribution in [2.45, 2.75) is 51.4 Å². The zero-order valence-electron chi connectivity index (χ0n) is 15.3. The van der Waals surface area contributed by atoms with Gasteiger partial charge in [0.2, 0.25) is 0 Å². The molecule has 0 spiro atoms. The highest BCUT2D eigenvalue weighted by atomic mass is 28.4. The highest BCUT2D eigenvalue weighted by molar-refractivity contribution is 6.74. The Hall–Kier alpha value is -1.39. The second-order valence-electron chi connectivity index (χ2n) is 7.36. The van der Waals surface area contributed by atoms with Crippen LogP contribution in [0, 0.1) is 5.92 Å². The maximum Gasteiger partial charge on any atom is 0.311 e. The average Bonchev–Trinajstić information content (AvgIpc) is 2.49. The van der Waals surface area contributed by atoms with E-state index in [9.17, 15) is 4.79 Å². The molecule has 2 atom stereocenters. The lowest BCUT2D eigenvalue weighted by Gasteiger charge is -2.41. The smallest absolute Gasteiger partial charge is 0.311 e. The van der Waals surface area contributed by atoms with Crippen molar-refractivity contribution >= 4 is 14.3 Å². The Labute approximate surface area is 141 Å². The summed E-state index contributed by atoms with van der Waals surface area (Å²) >= 11 is 0. The molecule has 0 N–H and O–H groups in total. The molecule has 0 fully saturated rings. The highest BCUT2D eigenvalue weighted by Gasteiger charge is 2.42. The van der Waals surface area contributed by atoms with Gasteiger partial charge < -0.3 is 9.16 Å². The van der Waals surface area contributed by atoms with Crippen LogP contribution in [0.25, 0.3) is 0 Å². The van der Waals surface area contributed by atoms with E-state index in [1.807, 2.05) is 30.3 Å². The minimum absolute atomic E-state index is 0.0644. The summed E-state index contributed by atoms with van der Waals surface area (Å²) in [5.41, 5.74) is 1.01. The maximum absolute atomic E-state index is 12.3. The lowest BCUT2D eigenvalue weighted by Crippen LogP contribution is -2.44. The van der Waals surface area contributed by atoms with Gasteiger partial charge in [-0.1, -0.05) is 57.2 Å². The second kappa shape index (κ2) is 7.93. The molecule has 0 saturated heterocycles. The molecule has 0 aliphatic carbocycles. The molecule has 1 rings (SSSR count). The van der Waals surface area contributed by atoms with E-state index in [1.54, 1.807) is 6.08 Å². The van der Waals surface area contributed by atoms with Crippen molar-refractivity contribution in [2.24, 2.45) is 5.92 Å². The van der Waals surface area contributed by atoms with Gasteiger partial charge in [0.05, 0.1) is 19.1 Å². The van der Waals surface area contributed by atoms with Crippen molar-refractivity contribution in [3.05, 3.63) is 48.6 Å². The van der Waals surface area contributed by atoms with Crippen molar-refractivity contribution in [1.29, 1.82) is 0 Å². The predicted octanol–water partition coefficient (Wildman–Crippen LogP) is 5.11. The summed E-state index contributed by atoms with van der Waals surface area (Å²) in [7, 11) is -0.620. The van der Waals surface area contributed by atoms with Crippen LogP contribution in [-0.2, 0) is 14.0 Å². The van der Waals surface area contributed by atoms with Gasteiger partial charge in [-0.3, -0.25) is 4.79 Å². The largest absolute Gasteiger partial charge is 0.469 e. The third-order valence-corrected chi connectivity index (χ3v) is 9.10. The molecule has 4 heteroatoms. The molecule has 3 nitrogen and oxygen atoms in total. The number of ether oxygens (including phenoxy) is 1. The normalized spacial score (nSPS) is 14.9. The lowest BCUT2D eigenvalue weighted by molar-refractivity contribution is -0.149. The van der Waals surface area contributed by atoms with Gasteiger partial charge in [0, 0.05) is 0 Å². The van der Waals surface area contributed by atoms with E-state index in [0.29, 0.717) is 6.42 Å². The molecule has 0 heterocycles. The van der Waals surface area contributed by atoms with Crippen LogP contribution in [0.2, 0.25) is 18.1 Å². The van der Waals surface area contributed by atoms with Gasteiger partial charge in [-0.25, -0.2) is 0 Å². The first-order chi connectivity index (χ1) is 10.6. The number of hydrogen-bond acceptors (Lipinski definition) is 3. The van der Waals surface area contributed by atoms with E-state index in [-0.39, 0.29) is 23.0 Å². The first-order valence-corrected chi connectivity index (χ1v) is 11.0. The van der Waals surface area contributed by atoms with Crippen LogP contribution in [0.4, 0.5) is 0 Å². The molecular weight excluding hydrogens is 304 g/mol. The van der Waals surface area contributed by atoms with Gasteiger partial charge in [0.25, 0.3) is 0 Å². The van der Waals surface area contributed by atoms with E-state index in [0.717, 1.165) is 5.56 Å². The lowest BCUT2D eigenvalue weighted by atomic mass is 9.93. The summed E-state index contributed by atoms with van der Waals surface area (Å²) in [5.74, 6) is -0.633. The van der Waals surface area contributed by atoms with Gasteiger partial charge in [0.1, 0.15) is 0 Å². The summed E-state index contributed by atoms with van der Waals surface area (Å²) in [4.78, 5) is 12.3. The summed E-state index contributed by atoms with van der Waals surface area (Å²) in [5, 5.41) is 0.0644. The van der Waals surface area contributed by atoms with Crippen LogP contribution in [-0.4, -0.2) is 21.4 Å². The summed E-state index contributed by atoms with van der Waals surface area (Å²) in [6.07, 6.45) is 1.97. The summed E-state index contributed by atoms with van der Waals surface area (Å²) in [6, 6.07) is 9.93. The molecule has 0 amide bonds. The Kier molecular flexibility index (Phi) is 6.78. The first-order valence-electron chi connectivity index (χ1n) is 8.05.